The molecular formula is C16H16N2OS. The first-order valence-corrected chi connectivity index (χ1v) is 7.43. The van der Waals surface area contributed by atoms with Crippen LogP contribution >= 0.6 is 11.3 Å². The number of benzene rings is 2. The molecule has 0 amide bonds. The molecule has 1 N–H and O–H groups in total. The summed E-state index contributed by atoms with van der Waals surface area (Å²) in [6.45, 7) is 1.46. The Labute approximate surface area is 122 Å². The minimum absolute atomic E-state index is 0.684. The summed E-state index contributed by atoms with van der Waals surface area (Å²) in [6, 6.07) is 14.7. The Morgan fingerprint density at radius 2 is 2.00 bits per heavy atom. The van der Waals surface area contributed by atoms with Crippen LogP contribution in [0, 0.1) is 0 Å². The van der Waals surface area contributed by atoms with Crippen molar-refractivity contribution in [3.63, 3.8) is 0 Å². The molecule has 0 bridgehead atoms. The molecule has 3 aromatic rings. The van der Waals surface area contributed by atoms with Crippen molar-refractivity contribution in [3.8, 4) is 11.3 Å². The van der Waals surface area contributed by atoms with Gasteiger partial charge in [0.25, 0.3) is 0 Å². The minimum Gasteiger partial charge on any atom is -0.383 e. The number of hydrogen-bond donors (Lipinski definition) is 1. The minimum atomic E-state index is 0.684. The lowest BCUT2D eigenvalue weighted by atomic mass is 10.0. The van der Waals surface area contributed by atoms with Crippen molar-refractivity contribution < 1.29 is 4.74 Å². The molecule has 102 valence electrons. The molecule has 0 radical (unpaired) electrons. The van der Waals surface area contributed by atoms with Gasteiger partial charge in [-0.15, -0.1) is 11.3 Å². The van der Waals surface area contributed by atoms with E-state index in [2.05, 4.69) is 58.1 Å². The van der Waals surface area contributed by atoms with Crippen LogP contribution in [0.4, 0.5) is 5.13 Å². The first-order chi connectivity index (χ1) is 9.88. The molecule has 0 saturated heterocycles. The van der Waals surface area contributed by atoms with E-state index in [4.69, 9.17) is 4.74 Å². The van der Waals surface area contributed by atoms with E-state index in [9.17, 15) is 0 Å². The van der Waals surface area contributed by atoms with Crippen molar-refractivity contribution in [2.75, 3.05) is 25.6 Å². The standard InChI is InChI=1S/C16H16N2OS/c1-19-10-9-17-16-18-15(11-20-16)14-8-4-6-12-5-2-3-7-13(12)14/h2-8,11H,9-10H2,1H3,(H,17,18). The van der Waals surface area contributed by atoms with Gasteiger partial charge in [0.2, 0.25) is 0 Å². The quantitative estimate of drug-likeness (QED) is 0.718. The van der Waals surface area contributed by atoms with Crippen molar-refractivity contribution in [1.82, 2.24) is 4.98 Å². The van der Waals surface area contributed by atoms with E-state index in [1.54, 1.807) is 18.4 Å². The molecule has 0 aliphatic rings. The highest BCUT2D eigenvalue weighted by Gasteiger charge is 2.07. The van der Waals surface area contributed by atoms with Crippen molar-refractivity contribution in [2.45, 2.75) is 0 Å². The SMILES string of the molecule is COCCNc1nc(-c2cccc3ccccc23)cs1. The first-order valence-electron chi connectivity index (χ1n) is 6.55. The molecule has 0 unspecified atom stereocenters. The summed E-state index contributed by atoms with van der Waals surface area (Å²) in [7, 11) is 1.70. The molecule has 2 aromatic carbocycles. The molecule has 1 aromatic heterocycles. The van der Waals surface area contributed by atoms with Crippen LogP contribution in [0.25, 0.3) is 22.0 Å². The number of nitrogens with zero attached hydrogens (tertiary/aromatic N) is 1. The number of anilines is 1. The summed E-state index contributed by atoms with van der Waals surface area (Å²) in [5.74, 6) is 0. The van der Waals surface area contributed by atoms with Crippen LogP contribution in [0.3, 0.4) is 0 Å². The number of nitrogens with one attached hydrogen (secondary N) is 1. The molecule has 0 atom stereocenters. The molecule has 0 aliphatic heterocycles. The number of aromatic nitrogens is 1. The van der Waals surface area contributed by atoms with Crippen LogP contribution < -0.4 is 5.32 Å². The second-order valence-corrected chi connectivity index (χ2v) is 5.34. The lowest BCUT2D eigenvalue weighted by Gasteiger charge is -2.03. The molecule has 3 nitrogen and oxygen atoms in total. The summed E-state index contributed by atoms with van der Waals surface area (Å²) >= 11 is 1.63. The third-order valence-electron chi connectivity index (χ3n) is 3.15. The Kier molecular flexibility index (Phi) is 3.95. The van der Waals surface area contributed by atoms with E-state index in [0.717, 1.165) is 17.4 Å². The fourth-order valence-electron chi connectivity index (χ4n) is 2.19. The predicted octanol–water partition coefficient (Wildman–Crippen LogP) is 4.02. The van der Waals surface area contributed by atoms with E-state index in [1.165, 1.54) is 16.3 Å². The largest absolute Gasteiger partial charge is 0.383 e. The number of rotatable bonds is 5. The first kappa shape index (κ1) is 13.1. The number of thiazole rings is 1. The fourth-order valence-corrected chi connectivity index (χ4v) is 2.93. The average molecular weight is 284 g/mol. The smallest absolute Gasteiger partial charge is 0.183 e. The van der Waals surface area contributed by atoms with Gasteiger partial charge in [-0.2, -0.15) is 0 Å². The van der Waals surface area contributed by atoms with Crippen molar-refractivity contribution in [3.05, 3.63) is 47.8 Å². The zero-order valence-corrected chi connectivity index (χ0v) is 12.1. The fraction of sp³-hybridized carbons (Fsp3) is 0.188. The second kappa shape index (κ2) is 6.03. The van der Waals surface area contributed by atoms with Crippen LogP contribution in [-0.2, 0) is 4.74 Å². The average Bonchev–Trinajstić information content (AvgIpc) is 2.96. The lowest BCUT2D eigenvalue weighted by molar-refractivity contribution is 0.211. The Morgan fingerprint density at radius 3 is 2.90 bits per heavy atom. The van der Waals surface area contributed by atoms with Gasteiger partial charge >= 0.3 is 0 Å². The number of ether oxygens (including phenoxy) is 1. The molecule has 20 heavy (non-hydrogen) atoms. The van der Waals surface area contributed by atoms with Crippen LogP contribution in [0.1, 0.15) is 0 Å². The van der Waals surface area contributed by atoms with Gasteiger partial charge in [0.05, 0.1) is 12.3 Å². The maximum atomic E-state index is 5.03. The van der Waals surface area contributed by atoms with E-state index in [1.807, 2.05) is 0 Å². The second-order valence-electron chi connectivity index (χ2n) is 4.48. The third kappa shape index (κ3) is 2.66. The van der Waals surface area contributed by atoms with Gasteiger partial charge in [0, 0.05) is 24.6 Å². The summed E-state index contributed by atoms with van der Waals surface area (Å²) in [4.78, 5) is 4.65. The Balaban J connectivity index is 1.91. The highest BCUT2D eigenvalue weighted by atomic mass is 32.1. The van der Waals surface area contributed by atoms with Gasteiger partial charge in [-0.25, -0.2) is 4.98 Å². The van der Waals surface area contributed by atoms with Crippen LogP contribution in [0.2, 0.25) is 0 Å². The van der Waals surface area contributed by atoms with E-state index in [-0.39, 0.29) is 0 Å². The molecule has 1 heterocycles. The Hall–Kier alpha value is -1.91. The van der Waals surface area contributed by atoms with Gasteiger partial charge in [0.15, 0.2) is 5.13 Å². The maximum absolute atomic E-state index is 5.03. The summed E-state index contributed by atoms with van der Waals surface area (Å²) < 4.78 is 5.03. The third-order valence-corrected chi connectivity index (χ3v) is 3.95. The number of methoxy groups -OCH3 is 1. The summed E-state index contributed by atoms with van der Waals surface area (Å²) in [5.41, 5.74) is 2.20. The highest BCUT2D eigenvalue weighted by Crippen LogP contribution is 2.30. The van der Waals surface area contributed by atoms with Crippen LogP contribution in [0.5, 0.6) is 0 Å². The van der Waals surface area contributed by atoms with Gasteiger partial charge in [-0.3, -0.25) is 0 Å². The molecule has 3 rings (SSSR count). The molecule has 0 spiro atoms. The van der Waals surface area contributed by atoms with E-state index in [0.29, 0.717) is 6.61 Å². The number of fused-ring (bicyclic) bond motifs is 1. The monoisotopic (exact) mass is 284 g/mol. The normalized spacial score (nSPS) is 10.8. The topological polar surface area (TPSA) is 34.1 Å². The Morgan fingerprint density at radius 1 is 1.15 bits per heavy atom. The molecule has 0 fully saturated rings. The van der Waals surface area contributed by atoms with Crippen LogP contribution in [-0.4, -0.2) is 25.2 Å². The van der Waals surface area contributed by atoms with Gasteiger partial charge in [-0.05, 0) is 10.8 Å². The van der Waals surface area contributed by atoms with E-state index >= 15 is 0 Å². The van der Waals surface area contributed by atoms with E-state index < -0.39 is 0 Å². The molecule has 0 aliphatic carbocycles. The zero-order valence-electron chi connectivity index (χ0n) is 11.3. The van der Waals surface area contributed by atoms with Gasteiger partial charge < -0.3 is 10.1 Å². The number of hydrogen-bond acceptors (Lipinski definition) is 4. The molecule has 4 heteroatoms. The van der Waals surface area contributed by atoms with Gasteiger partial charge in [0.1, 0.15) is 0 Å². The molecular weight excluding hydrogens is 268 g/mol. The van der Waals surface area contributed by atoms with Crippen LogP contribution in [0.15, 0.2) is 47.8 Å². The summed E-state index contributed by atoms with van der Waals surface area (Å²) in [5, 5.41) is 8.78. The zero-order chi connectivity index (χ0) is 13.8. The molecule has 0 saturated carbocycles. The highest BCUT2D eigenvalue weighted by molar-refractivity contribution is 7.14. The summed E-state index contributed by atoms with van der Waals surface area (Å²) in [6.07, 6.45) is 0. The van der Waals surface area contributed by atoms with Crippen molar-refractivity contribution in [1.29, 1.82) is 0 Å². The predicted molar refractivity (Wildman–Crippen MR) is 85.4 cm³/mol. The Bertz CT molecular complexity index is 703. The maximum Gasteiger partial charge on any atom is 0.183 e. The lowest BCUT2D eigenvalue weighted by Crippen LogP contribution is -2.07. The van der Waals surface area contributed by atoms with Crippen molar-refractivity contribution in [2.24, 2.45) is 0 Å². The van der Waals surface area contributed by atoms with Crippen molar-refractivity contribution >= 4 is 27.2 Å². The van der Waals surface area contributed by atoms with Gasteiger partial charge in [-0.1, -0.05) is 42.5 Å².